The molecule has 5 N–H and O–H groups in total. The molecule has 1 amide bonds. The fourth-order valence-electron chi connectivity index (χ4n) is 2.51. The minimum atomic E-state index is -0.499. The Hall–Kier alpha value is -2.77. The van der Waals surface area contributed by atoms with Gasteiger partial charge >= 0.3 is 0 Å². The Bertz CT molecular complexity index is 874. The number of amides is 1. The molecule has 1 unspecified atom stereocenters. The van der Waals surface area contributed by atoms with Gasteiger partial charge in [0.2, 0.25) is 0 Å². The molecular weight excluding hydrogens is 306 g/mol. The number of carbonyl (C=O) groups excluding carboxylic acids is 1. The van der Waals surface area contributed by atoms with Crippen molar-refractivity contribution >= 4 is 16.8 Å². The Labute approximate surface area is 138 Å². The summed E-state index contributed by atoms with van der Waals surface area (Å²) < 4.78 is 0. The summed E-state index contributed by atoms with van der Waals surface area (Å²) in [6.07, 6.45) is 3.02. The van der Waals surface area contributed by atoms with Gasteiger partial charge in [0.15, 0.2) is 0 Å². The van der Waals surface area contributed by atoms with E-state index in [1.807, 2.05) is 31.2 Å². The Kier molecular flexibility index (Phi) is 4.54. The Morgan fingerprint density at radius 2 is 2.17 bits per heavy atom. The van der Waals surface area contributed by atoms with Crippen LogP contribution in [0, 0.1) is 6.92 Å². The number of carbonyl (C=O) groups is 1. The van der Waals surface area contributed by atoms with E-state index in [-0.39, 0.29) is 24.8 Å². The Morgan fingerprint density at radius 1 is 1.38 bits per heavy atom. The molecule has 3 rings (SSSR count). The van der Waals surface area contributed by atoms with Crippen LogP contribution in [0.4, 0.5) is 0 Å². The smallest absolute Gasteiger partial charge is 0.271 e. The van der Waals surface area contributed by atoms with E-state index in [0.717, 1.165) is 22.2 Å². The molecule has 2 aromatic heterocycles. The molecule has 0 radical (unpaired) electrons. The fourth-order valence-corrected chi connectivity index (χ4v) is 2.51. The molecule has 124 valence electrons. The highest BCUT2D eigenvalue weighted by Crippen LogP contribution is 2.27. The summed E-state index contributed by atoms with van der Waals surface area (Å²) in [6.45, 7) is 1.98. The van der Waals surface area contributed by atoms with E-state index in [2.05, 4.69) is 20.3 Å². The third kappa shape index (κ3) is 3.12. The molecule has 0 saturated heterocycles. The predicted octanol–water partition coefficient (Wildman–Crippen LogP) is 0.983. The van der Waals surface area contributed by atoms with Crippen LogP contribution in [0.3, 0.4) is 0 Å². The first-order chi connectivity index (χ1) is 11.6. The lowest BCUT2D eigenvalue weighted by atomic mass is 10.1. The van der Waals surface area contributed by atoms with Crippen molar-refractivity contribution in [3.8, 4) is 11.4 Å². The SMILES string of the molecule is Cc1c(-c2cncc(C(=O)NCC(N)CO)n2)[nH]c2ccccc12. The monoisotopic (exact) mass is 325 g/mol. The van der Waals surface area contributed by atoms with E-state index in [0.29, 0.717) is 5.69 Å². The Balaban J connectivity index is 1.89. The van der Waals surface area contributed by atoms with Gasteiger partial charge in [0.1, 0.15) is 11.4 Å². The van der Waals surface area contributed by atoms with E-state index in [9.17, 15) is 4.79 Å². The van der Waals surface area contributed by atoms with Gasteiger partial charge in [-0.05, 0) is 18.6 Å². The number of hydrogen-bond donors (Lipinski definition) is 4. The molecule has 0 fully saturated rings. The van der Waals surface area contributed by atoms with Crippen molar-refractivity contribution in [3.63, 3.8) is 0 Å². The summed E-state index contributed by atoms with van der Waals surface area (Å²) >= 11 is 0. The molecule has 0 aliphatic carbocycles. The average Bonchev–Trinajstić information content (AvgIpc) is 2.96. The average molecular weight is 325 g/mol. The van der Waals surface area contributed by atoms with E-state index < -0.39 is 6.04 Å². The maximum atomic E-state index is 12.1. The second-order valence-electron chi connectivity index (χ2n) is 5.61. The lowest BCUT2D eigenvalue weighted by molar-refractivity contribution is 0.0942. The van der Waals surface area contributed by atoms with Gasteiger partial charge in [0.05, 0.1) is 24.7 Å². The number of nitrogens with two attached hydrogens (primary N) is 1. The number of nitrogens with one attached hydrogen (secondary N) is 2. The van der Waals surface area contributed by atoms with Crippen molar-refractivity contribution in [1.29, 1.82) is 0 Å². The summed E-state index contributed by atoms with van der Waals surface area (Å²) in [7, 11) is 0. The maximum Gasteiger partial charge on any atom is 0.271 e. The van der Waals surface area contributed by atoms with Crippen LogP contribution in [-0.2, 0) is 0 Å². The molecule has 7 heteroatoms. The zero-order valence-electron chi connectivity index (χ0n) is 13.3. The molecule has 7 nitrogen and oxygen atoms in total. The van der Waals surface area contributed by atoms with Crippen molar-refractivity contribution in [2.45, 2.75) is 13.0 Å². The van der Waals surface area contributed by atoms with Crippen molar-refractivity contribution < 1.29 is 9.90 Å². The van der Waals surface area contributed by atoms with Gasteiger partial charge in [-0.3, -0.25) is 9.78 Å². The van der Waals surface area contributed by atoms with E-state index in [1.165, 1.54) is 6.20 Å². The summed E-state index contributed by atoms with van der Waals surface area (Å²) in [6, 6.07) is 7.47. The topological polar surface area (TPSA) is 117 Å². The van der Waals surface area contributed by atoms with Crippen LogP contribution in [0.15, 0.2) is 36.7 Å². The molecule has 0 spiro atoms. The van der Waals surface area contributed by atoms with Crippen LogP contribution in [0.25, 0.3) is 22.3 Å². The molecule has 24 heavy (non-hydrogen) atoms. The normalized spacial score (nSPS) is 12.3. The van der Waals surface area contributed by atoms with Crippen LogP contribution >= 0.6 is 0 Å². The minimum Gasteiger partial charge on any atom is -0.395 e. The number of aliphatic hydroxyl groups is 1. The van der Waals surface area contributed by atoms with Crippen molar-refractivity contribution in [1.82, 2.24) is 20.3 Å². The van der Waals surface area contributed by atoms with Crippen molar-refractivity contribution in [3.05, 3.63) is 47.9 Å². The number of aromatic nitrogens is 3. The number of rotatable bonds is 5. The quantitative estimate of drug-likeness (QED) is 0.558. The zero-order chi connectivity index (χ0) is 17.1. The van der Waals surface area contributed by atoms with Crippen molar-refractivity contribution in [2.24, 2.45) is 5.73 Å². The molecule has 3 aromatic rings. The molecule has 1 aromatic carbocycles. The Morgan fingerprint density at radius 3 is 2.92 bits per heavy atom. The standard InChI is InChI=1S/C17H19N5O2/c1-10-12-4-2-3-5-13(12)22-16(10)14-7-19-8-15(21-14)17(24)20-6-11(18)9-23/h2-5,7-8,11,22-23H,6,9,18H2,1H3,(H,20,24). The van der Waals surface area contributed by atoms with Gasteiger partial charge in [-0.25, -0.2) is 4.98 Å². The molecule has 1 atom stereocenters. The predicted molar refractivity (Wildman–Crippen MR) is 91.5 cm³/mol. The zero-order valence-corrected chi connectivity index (χ0v) is 13.3. The third-order valence-electron chi connectivity index (χ3n) is 3.85. The van der Waals surface area contributed by atoms with Crippen LogP contribution in [0.5, 0.6) is 0 Å². The molecule has 0 bridgehead atoms. The summed E-state index contributed by atoms with van der Waals surface area (Å²) in [4.78, 5) is 24.0. The number of hydrogen-bond acceptors (Lipinski definition) is 5. The van der Waals surface area contributed by atoms with Gasteiger partial charge in [-0.1, -0.05) is 18.2 Å². The number of aryl methyl sites for hydroxylation is 1. The highest BCUT2D eigenvalue weighted by atomic mass is 16.3. The molecule has 0 aliphatic rings. The summed E-state index contributed by atoms with van der Waals surface area (Å²) in [5.74, 6) is -0.373. The molecule has 0 aliphatic heterocycles. The van der Waals surface area contributed by atoms with Crippen LogP contribution in [0.2, 0.25) is 0 Å². The summed E-state index contributed by atoms with van der Waals surface area (Å²) in [5.41, 5.74) is 9.29. The molecule has 0 saturated carbocycles. The number of H-pyrrole nitrogens is 1. The van der Waals surface area contributed by atoms with E-state index >= 15 is 0 Å². The number of aromatic amines is 1. The van der Waals surface area contributed by atoms with Gasteiger partial charge in [0, 0.05) is 23.5 Å². The van der Waals surface area contributed by atoms with Gasteiger partial charge in [0.25, 0.3) is 5.91 Å². The maximum absolute atomic E-state index is 12.1. The number of aliphatic hydroxyl groups excluding tert-OH is 1. The van der Waals surface area contributed by atoms with E-state index in [4.69, 9.17) is 10.8 Å². The highest BCUT2D eigenvalue weighted by Gasteiger charge is 2.14. The van der Waals surface area contributed by atoms with Gasteiger partial charge in [-0.2, -0.15) is 0 Å². The number of benzene rings is 1. The molecule has 2 heterocycles. The molecular formula is C17H19N5O2. The highest BCUT2D eigenvalue weighted by molar-refractivity contribution is 5.93. The van der Waals surface area contributed by atoms with Crippen LogP contribution < -0.4 is 11.1 Å². The lowest BCUT2D eigenvalue weighted by Gasteiger charge is -2.09. The number of fused-ring (bicyclic) bond motifs is 1. The minimum absolute atomic E-state index is 0.173. The first-order valence-corrected chi connectivity index (χ1v) is 7.64. The largest absolute Gasteiger partial charge is 0.395 e. The third-order valence-corrected chi connectivity index (χ3v) is 3.85. The summed E-state index contributed by atoms with van der Waals surface area (Å²) in [5, 5.41) is 12.6. The second kappa shape index (κ2) is 6.77. The first-order valence-electron chi connectivity index (χ1n) is 7.64. The van der Waals surface area contributed by atoms with Gasteiger partial charge in [-0.15, -0.1) is 0 Å². The van der Waals surface area contributed by atoms with Gasteiger partial charge < -0.3 is 21.1 Å². The first kappa shape index (κ1) is 16.1. The second-order valence-corrected chi connectivity index (χ2v) is 5.61. The van der Waals surface area contributed by atoms with Crippen LogP contribution in [0.1, 0.15) is 16.1 Å². The number of nitrogens with zero attached hydrogens (tertiary/aromatic N) is 2. The fraction of sp³-hybridized carbons (Fsp3) is 0.235. The van der Waals surface area contributed by atoms with Crippen LogP contribution in [-0.4, -0.2) is 45.2 Å². The van der Waals surface area contributed by atoms with E-state index in [1.54, 1.807) is 6.20 Å². The number of para-hydroxylation sites is 1. The van der Waals surface area contributed by atoms with Crippen molar-refractivity contribution in [2.75, 3.05) is 13.2 Å². The lowest BCUT2D eigenvalue weighted by Crippen LogP contribution is -2.39.